The molecule has 2 aromatic carbocycles. The average molecular weight is 614 g/mol. The molecular formula is C31H33F2N3O6S. The number of thiophene rings is 1. The van der Waals surface area contributed by atoms with E-state index in [9.17, 15) is 19.1 Å². The number of carbonyl (C=O) groups is 2. The number of rotatable bonds is 8. The number of alkyl carbamates (subject to hydrolysis) is 1. The van der Waals surface area contributed by atoms with E-state index in [4.69, 9.17) is 19.8 Å². The summed E-state index contributed by atoms with van der Waals surface area (Å²) in [7, 11) is 0. The molecule has 1 fully saturated rings. The number of amides is 2. The van der Waals surface area contributed by atoms with Crippen molar-refractivity contribution in [3.8, 4) is 33.4 Å². The molecule has 1 aliphatic heterocycles. The van der Waals surface area contributed by atoms with Gasteiger partial charge in [-0.1, -0.05) is 6.07 Å². The van der Waals surface area contributed by atoms with E-state index in [-0.39, 0.29) is 36.4 Å². The zero-order valence-electron chi connectivity index (χ0n) is 24.0. The number of halogens is 2. The van der Waals surface area contributed by atoms with Gasteiger partial charge in [0, 0.05) is 29.6 Å². The Kier molecular flexibility index (Phi) is 10.0. The standard InChI is InChI=1S/C31H33F2N3O6S/c1-31(2,3)42-30(40)35-21-5-4-10-36(15-21)29(39)27-13-23(18-6-7-20(14-34)24(32)11-18)28(43-27)19-8-9-26(25(33)12-19)41-17-22(38)16-37/h6-9,11-13,21-22,37-38H,4-5,10,15-17H2,1-3H3,(H,35,40)/t21-,22?/m1/s1. The van der Waals surface area contributed by atoms with Gasteiger partial charge < -0.3 is 29.9 Å². The zero-order valence-corrected chi connectivity index (χ0v) is 24.8. The molecule has 0 saturated carbocycles. The summed E-state index contributed by atoms with van der Waals surface area (Å²) < 4.78 is 40.2. The summed E-state index contributed by atoms with van der Waals surface area (Å²) in [6.07, 6.45) is -0.389. The second-order valence-corrected chi connectivity index (χ2v) is 12.2. The normalized spacial score (nSPS) is 15.9. The highest BCUT2D eigenvalue weighted by Crippen LogP contribution is 2.41. The summed E-state index contributed by atoms with van der Waals surface area (Å²) in [5.41, 5.74) is 0.483. The molecule has 1 aliphatic rings. The first kappa shape index (κ1) is 31.9. The third-order valence-corrected chi connectivity index (χ3v) is 7.78. The van der Waals surface area contributed by atoms with Crippen LogP contribution in [0.3, 0.4) is 0 Å². The van der Waals surface area contributed by atoms with Gasteiger partial charge in [0.1, 0.15) is 30.2 Å². The third kappa shape index (κ3) is 8.07. The fourth-order valence-corrected chi connectivity index (χ4v) is 5.75. The largest absolute Gasteiger partial charge is 0.488 e. The molecule has 2 amide bonds. The SMILES string of the molecule is CC(C)(C)OC(=O)N[C@@H]1CCCN(C(=O)c2cc(-c3ccc(C#N)c(F)c3)c(-c3ccc(OCC(O)CO)c(F)c3)s2)C1. The summed E-state index contributed by atoms with van der Waals surface area (Å²) >= 11 is 1.11. The van der Waals surface area contributed by atoms with Crippen molar-refractivity contribution < 1.29 is 38.1 Å². The van der Waals surface area contributed by atoms with Crippen LogP contribution in [0.15, 0.2) is 42.5 Å². The molecule has 0 bridgehead atoms. The molecule has 1 aromatic heterocycles. The summed E-state index contributed by atoms with van der Waals surface area (Å²) in [6, 6.07) is 11.4. The Morgan fingerprint density at radius 2 is 1.88 bits per heavy atom. The highest BCUT2D eigenvalue weighted by atomic mass is 32.1. The van der Waals surface area contributed by atoms with Gasteiger partial charge in [-0.25, -0.2) is 13.6 Å². The second kappa shape index (κ2) is 13.5. The minimum Gasteiger partial charge on any atom is -0.488 e. The van der Waals surface area contributed by atoms with Crippen molar-refractivity contribution in [2.75, 3.05) is 26.3 Å². The number of nitriles is 1. The predicted octanol–water partition coefficient (Wildman–Crippen LogP) is 5.09. The number of likely N-dealkylation sites (tertiary alicyclic amines) is 1. The summed E-state index contributed by atoms with van der Waals surface area (Å²) in [4.78, 5) is 28.5. The van der Waals surface area contributed by atoms with Crippen LogP contribution in [-0.2, 0) is 4.74 Å². The number of benzene rings is 2. The number of carbonyl (C=O) groups excluding carboxylic acids is 2. The molecule has 1 saturated heterocycles. The lowest BCUT2D eigenvalue weighted by atomic mass is 10.0. The van der Waals surface area contributed by atoms with Crippen LogP contribution in [0.4, 0.5) is 13.6 Å². The number of nitrogens with one attached hydrogen (secondary N) is 1. The smallest absolute Gasteiger partial charge is 0.407 e. The van der Waals surface area contributed by atoms with Crippen molar-refractivity contribution in [1.82, 2.24) is 10.2 Å². The van der Waals surface area contributed by atoms with Gasteiger partial charge in [-0.3, -0.25) is 4.79 Å². The minimum absolute atomic E-state index is 0.132. The van der Waals surface area contributed by atoms with Crippen molar-refractivity contribution in [3.05, 3.63) is 64.5 Å². The van der Waals surface area contributed by atoms with E-state index in [2.05, 4.69) is 5.32 Å². The van der Waals surface area contributed by atoms with E-state index in [0.717, 1.165) is 11.3 Å². The highest BCUT2D eigenvalue weighted by molar-refractivity contribution is 7.18. The van der Waals surface area contributed by atoms with E-state index in [1.165, 1.54) is 24.3 Å². The van der Waals surface area contributed by atoms with Gasteiger partial charge in [0.25, 0.3) is 5.91 Å². The van der Waals surface area contributed by atoms with Gasteiger partial charge in [0.05, 0.1) is 17.0 Å². The average Bonchev–Trinajstić information content (AvgIpc) is 3.40. The Hall–Kier alpha value is -4.05. The Bertz CT molecular complexity index is 1530. The summed E-state index contributed by atoms with van der Waals surface area (Å²) in [5.74, 6) is -1.88. The van der Waals surface area contributed by atoms with Gasteiger partial charge in [-0.05, 0) is 81.1 Å². The topological polar surface area (TPSA) is 132 Å². The number of piperidine rings is 1. The lowest BCUT2D eigenvalue weighted by molar-refractivity contribution is 0.0453. The van der Waals surface area contributed by atoms with E-state index in [0.29, 0.717) is 45.8 Å². The molecule has 2 heterocycles. The molecule has 1 unspecified atom stereocenters. The zero-order chi connectivity index (χ0) is 31.3. The first-order valence-corrected chi connectivity index (χ1v) is 14.5. The number of nitrogens with zero attached hydrogens (tertiary/aromatic N) is 2. The Labute approximate surface area is 252 Å². The molecule has 0 spiro atoms. The maximum Gasteiger partial charge on any atom is 0.407 e. The first-order valence-electron chi connectivity index (χ1n) is 13.7. The lowest BCUT2D eigenvalue weighted by Gasteiger charge is -2.33. The molecule has 12 heteroatoms. The van der Waals surface area contributed by atoms with Gasteiger partial charge in [0.15, 0.2) is 11.6 Å². The maximum atomic E-state index is 15.0. The number of hydrogen-bond donors (Lipinski definition) is 3. The first-order chi connectivity index (χ1) is 20.4. The number of hydrogen-bond acceptors (Lipinski definition) is 8. The Morgan fingerprint density at radius 3 is 2.53 bits per heavy atom. The van der Waals surface area contributed by atoms with Crippen LogP contribution in [0.2, 0.25) is 0 Å². The molecule has 9 nitrogen and oxygen atoms in total. The third-order valence-electron chi connectivity index (χ3n) is 6.61. The van der Waals surface area contributed by atoms with Crippen LogP contribution in [0.25, 0.3) is 21.6 Å². The highest BCUT2D eigenvalue weighted by Gasteiger charge is 2.29. The number of aliphatic hydroxyl groups is 2. The maximum absolute atomic E-state index is 15.0. The molecule has 43 heavy (non-hydrogen) atoms. The fourth-order valence-electron chi connectivity index (χ4n) is 4.61. The van der Waals surface area contributed by atoms with Crippen molar-refractivity contribution >= 4 is 23.3 Å². The van der Waals surface area contributed by atoms with E-state index < -0.39 is 36.0 Å². The fraction of sp³-hybridized carbons (Fsp3) is 0.387. The monoisotopic (exact) mass is 613 g/mol. The van der Waals surface area contributed by atoms with Crippen molar-refractivity contribution in [2.45, 2.75) is 51.4 Å². The predicted molar refractivity (Wildman–Crippen MR) is 157 cm³/mol. The van der Waals surface area contributed by atoms with Crippen LogP contribution in [0.5, 0.6) is 5.75 Å². The summed E-state index contributed by atoms with van der Waals surface area (Å²) in [6.45, 7) is 5.20. The number of ether oxygens (including phenoxy) is 2. The van der Waals surface area contributed by atoms with Crippen LogP contribution in [-0.4, -0.2) is 71.2 Å². The van der Waals surface area contributed by atoms with Gasteiger partial charge in [0.2, 0.25) is 0 Å². The molecule has 228 valence electrons. The van der Waals surface area contributed by atoms with Gasteiger partial charge in [-0.15, -0.1) is 11.3 Å². The molecule has 3 aromatic rings. The minimum atomic E-state index is -1.17. The van der Waals surface area contributed by atoms with Crippen LogP contribution < -0.4 is 10.1 Å². The van der Waals surface area contributed by atoms with Crippen molar-refractivity contribution in [1.29, 1.82) is 5.26 Å². The lowest BCUT2D eigenvalue weighted by Crippen LogP contribution is -2.50. The molecular weight excluding hydrogens is 580 g/mol. The van der Waals surface area contributed by atoms with Crippen LogP contribution in [0, 0.1) is 23.0 Å². The second-order valence-electron chi connectivity index (χ2n) is 11.2. The van der Waals surface area contributed by atoms with Crippen LogP contribution >= 0.6 is 11.3 Å². The van der Waals surface area contributed by atoms with Crippen LogP contribution in [0.1, 0.15) is 48.8 Å². The van der Waals surface area contributed by atoms with Crippen molar-refractivity contribution in [2.24, 2.45) is 0 Å². The van der Waals surface area contributed by atoms with E-state index >= 15 is 4.39 Å². The number of aliphatic hydroxyl groups excluding tert-OH is 2. The van der Waals surface area contributed by atoms with E-state index in [1.54, 1.807) is 49.9 Å². The molecule has 2 atom stereocenters. The molecule has 4 rings (SSSR count). The molecule has 0 aliphatic carbocycles. The molecule has 0 radical (unpaired) electrons. The van der Waals surface area contributed by atoms with E-state index in [1.807, 2.05) is 0 Å². The summed E-state index contributed by atoms with van der Waals surface area (Å²) in [5, 5.41) is 30.5. The Morgan fingerprint density at radius 1 is 1.16 bits per heavy atom. The van der Waals surface area contributed by atoms with Gasteiger partial charge >= 0.3 is 6.09 Å². The quantitative estimate of drug-likeness (QED) is 0.322. The van der Waals surface area contributed by atoms with Gasteiger partial charge in [-0.2, -0.15) is 5.26 Å². The Balaban J connectivity index is 1.64. The van der Waals surface area contributed by atoms with Crippen molar-refractivity contribution in [3.63, 3.8) is 0 Å². The molecule has 3 N–H and O–H groups in total.